The molecule has 9 heteroatoms. The average molecular weight is 365 g/mol. The van der Waals surface area contributed by atoms with Gasteiger partial charge < -0.3 is 0 Å². The van der Waals surface area contributed by atoms with Gasteiger partial charge in [0.1, 0.15) is 0 Å². The van der Waals surface area contributed by atoms with E-state index in [1.54, 1.807) is 11.6 Å². The number of rotatable bonds is 4. The summed E-state index contributed by atoms with van der Waals surface area (Å²) in [5.41, 5.74) is 0.0897. The van der Waals surface area contributed by atoms with Crippen LogP contribution in [0, 0.1) is 0 Å². The Morgan fingerprint density at radius 2 is 2.05 bits per heavy atom. The van der Waals surface area contributed by atoms with Gasteiger partial charge >= 0.3 is 0 Å². The van der Waals surface area contributed by atoms with E-state index in [9.17, 15) is 13.2 Å². The van der Waals surface area contributed by atoms with Crippen molar-refractivity contribution in [3.63, 3.8) is 0 Å². The number of sulfone groups is 1. The first-order valence-corrected chi connectivity index (χ1v) is 9.07. The summed E-state index contributed by atoms with van der Waals surface area (Å²) in [4.78, 5) is 15.9. The molecule has 1 amide bonds. The van der Waals surface area contributed by atoms with E-state index in [4.69, 9.17) is 23.2 Å². The summed E-state index contributed by atoms with van der Waals surface area (Å²) in [7, 11) is -3.50. The molecule has 2 aromatic rings. The maximum absolute atomic E-state index is 12.1. The molecule has 0 unspecified atom stereocenters. The highest BCUT2D eigenvalue weighted by Gasteiger charge is 2.22. The van der Waals surface area contributed by atoms with Gasteiger partial charge in [0.25, 0.3) is 5.91 Å². The van der Waals surface area contributed by atoms with E-state index in [0.29, 0.717) is 5.13 Å². The van der Waals surface area contributed by atoms with Crippen LogP contribution < -0.4 is 5.32 Å². The number of benzene rings is 1. The fourth-order valence-corrected chi connectivity index (χ4v) is 3.86. The van der Waals surface area contributed by atoms with E-state index in [1.807, 2.05) is 0 Å². The van der Waals surface area contributed by atoms with E-state index >= 15 is 0 Å². The molecule has 1 aromatic heterocycles. The lowest BCUT2D eigenvalue weighted by Gasteiger charge is -2.10. The lowest BCUT2D eigenvalue weighted by molar-refractivity contribution is 0.102. The van der Waals surface area contributed by atoms with Crippen molar-refractivity contribution in [1.82, 2.24) is 4.98 Å². The van der Waals surface area contributed by atoms with Crippen molar-refractivity contribution < 1.29 is 13.2 Å². The highest BCUT2D eigenvalue weighted by atomic mass is 35.5. The number of thiazole rings is 1. The van der Waals surface area contributed by atoms with E-state index in [-0.39, 0.29) is 26.3 Å². The van der Waals surface area contributed by atoms with Gasteiger partial charge in [-0.2, -0.15) is 0 Å². The Hall–Kier alpha value is -1.15. The third-order valence-electron chi connectivity index (χ3n) is 2.66. The molecule has 0 fully saturated rings. The number of aromatic nitrogens is 1. The minimum atomic E-state index is -3.50. The molecule has 112 valence electrons. The molecule has 5 nitrogen and oxygen atoms in total. The number of hydrogen-bond donors (Lipinski definition) is 1. The minimum Gasteiger partial charge on any atom is -0.298 e. The molecule has 0 saturated heterocycles. The summed E-state index contributed by atoms with van der Waals surface area (Å²) < 4.78 is 23.7. The topological polar surface area (TPSA) is 76.1 Å². The van der Waals surface area contributed by atoms with Crippen LogP contribution in [0.25, 0.3) is 0 Å². The molecule has 2 rings (SSSR count). The molecule has 1 aromatic carbocycles. The Kier molecular flexibility index (Phi) is 4.88. The second-order valence-electron chi connectivity index (χ2n) is 3.93. The zero-order valence-corrected chi connectivity index (χ0v) is 13.9. The summed E-state index contributed by atoms with van der Waals surface area (Å²) in [5.74, 6) is -0.606. The van der Waals surface area contributed by atoms with Crippen LogP contribution >= 0.6 is 34.5 Å². The summed E-state index contributed by atoms with van der Waals surface area (Å²) in [5, 5.41) is 4.43. The molecule has 0 aliphatic heterocycles. The molecule has 0 saturated carbocycles. The predicted octanol–water partition coefficient (Wildman–Crippen LogP) is 3.50. The largest absolute Gasteiger partial charge is 0.298 e. The smallest absolute Gasteiger partial charge is 0.259 e. The van der Waals surface area contributed by atoms with Crippen molar-refractivity contribution in [3.05, 3.63) is 39.3 Å². The number of halogens is 2. The minimum absolute atomic E-state index is 0.0811. The van der Waals surface area contributed by atoms with E-state index < -0.39 is 15.7 Å². The summed E-state index contributed by atoms with van der Waals surface area (Å²) >= 11 is 13.3. The van der Waals surface area contributed by atoms with Gasteiger partial charge in [-0.15, -0.1) is 11.3 Å². The van der Waals surface area contributed by atoms with Gasteiger partial charge in [-0.25, -0.2) is 13.4 Å². The highest BCUT2D eigenvalue weighted by Crippen LogP contribution is 2.33. The van der Waals surface area contributed by atoms with Crippen molar-refractivity contribution in [2.75, 3.05) is 11.1 Å². The van der Waals surface area contributed by atoms with Gasteiger partial charge in [0.2, 0.25) is 0 Å². The predicted molar refractivity (Wildman–Crippen MR) is 84.3 cm³/mol. The monoisotopic (exact) mass is 364 g/mol. The van der Waals surface area contributed by atoms with Gasteiger partial charge in [0.15, 0.2) is 15.0 Å². The third kappa shape index (κ3) is 3.37. The Balaban J connectivity index is 2.39. The molecule has 21 heavy (non-hydrogen) atoms. The van der Waals surface area contributed by atoms with Gasteiger partial charge in [0.05, 0.1) is 26.3 Å². The number of amides is 1. The number of carbonyl (C=O) groups excluding carboxylic acids is 1. The van der Waals surface area contributed by atoms with Gasteiger partial charge in [-0.05, 0) is 12.1 Å². The van der Waals surface area contributed by atoms with Crippen molar-refractivity contribution in [2.24, 2.45) is 0 Å². The van der Waals surface area contributed by atoms with Crippen LogP contribution in [0.4, 0.5) is 5.13 Å². The SMILES string of the molecule is CCS(=O)(=O)c1ccc(C(=O)Nc2nccs2)c(Cl)c1Cl. The summed E-state index contributed by atoms with van der Waals surface area (Å²) in [6.07, 6.45) is 1.55. The van der Waals surface area contributed by atoms with Crippen molar-refractivity contribution in [1.29, 1.82) is 0 Å². The highest BCUT2D eigenvalue weighted by molar-refractivity contribution is 7.91. The van der Waals surface area contributed by atoms with Crippen LogP contribution in [-0.4, -0.2) is 25.1 Å². The second-order valence-corrected chi connectivity index (χ2v) is 7.83. The number of anilines is 1. The molecule has 1 N–H and O–H groups in total. The van der Waals surface area contributed by atoms with Crippen LogP contribution in [-0.2, 0) is 9.84 Å². The number of nitrogens with one attached hydrogen (secondary N) is 1. The van der Waals surface area contributed by atoms with Crippen LogP contribution in [0.15, 0.2) is 28.6 Å². The Morgan fingerprint density at radius 1 is 1.33 bits per heavy atom. The van der Waals surface area contributed by atoms with Crippen molar-refractivity contribution in [2.45, 2.75) is 11.8 Å². The van der Waals surface area contributed by atoms with Crippen LogP contribution in [0.3, 0.4) is 0 Å². The zero-order chi connectivity index (χ0) is 15.6. The molecule has 0 aliphatic carbocycles. The second kappa shape index (κ2) is 6.31. The van der Waals surface area contributed by atoms with Crippen LogP contribution in [0.1, 0.15) is 17.3 Å². The quantitative estimate of drug-likeness (QED) is 0.900. The molecule has 0 radical (unpaired) electrons. The molecule has 0 atom stereocenters. The number of carbonyl (C=O) groups is 1. The standard InChI is InChI=1S/C12H10Cl2N2O3S2/c1-2-21(18,19)8-4-3-7(9(13)10(8)14)11(17)16-12-15-5-6-20-12/h3-6H,2H2,1H3,(H,15,16,17). The van der Waals surface area contributed by atoms with Crippen molar-refractivity contribution in [3.8, 4) is 0 Å². The van der Waals surface area contributed by atoms with Crippen molar-refractivity contribution >= 4 is 55.4 Å². The normalized spacial score (nSPS) is 11.4. The Labute approximate surface area is 135 Å². The van der Waals surface area contributed by atoms with E-state index in [1.165, 1.54) is 30.4 Å². The maximum Gasteiger partial charge on any atom is 0.259 e. The number of nitrogens with zero attached hydrogens (tertiary/aromatic N) is 1. The average Bonchev–Trinajstić information content (AvgIpc) is 2.94. The number of hydrogen-bond acceptors (Lipinski definition) is 5. The van der Waals surface area contributed by atoms with Gasteiger partial charge in [-0.3, -0.25) is 10.1 Å². The first-order valence-electron chi connectivity index (χ1n) is 5.78. The Bertz CT molecular complexity index is 774. The lowest BCUT2D eigenvalue weighted by Crippen LogP contribution is -2.13. The van der Waals surface area contributed by atoms with Gasteiger partial charge in [-0.1, -0.05) is 30.1 Å². The third-order valence-corrected chi connectivity index (χ3v) is 6.11. The molecule has 1 heterocycles. The fraction of sp³-hybridized carbons (Fsp3) is 0.167. The molecule has 0 aliphatic rings. The van der Waals surface area contributed by atoms with E-state index in [0.717, 1.165) is 0 Å². The lowest BCUT2D eigenvalue weighted by atomic mass is 10.2. The Morgan fingerprint density at radius 3 is 2.62 bits per heavy atom. The first-order chi connectivity index (χ1) is 9.86. The first kappa shape index (κ1) is 16.2. The van der Waals surface area contributed by atoms with Crippen LogP contribution in [0.2, 0.25) is 10.0 Å². The maximum atomic E-state index is 12.1. The fourth-order valence-electron chi connectivity index (χ4n) is 1.55. The molecular formula is C12H10Cl2N2O3S2. The van der Waals surface area contributed by atoms with Crippen LogP contribution in [0.5, 0.6) is 0 Å². The van der Waals surface area contributed by atoms with Gasteiger partial charge in [0, 0.05) is 11.6 Å². The van der Waals surface area contributed by atoms with E-state index in [2.05, 4.69) is 10.3 Å². The molecular weight excluding hydrogens is 355 g/mol. The zero-order valence-electron chi connectivity index (χ0n) is 10.8. The summed E-state index contributed by atoms with van der Waals surface area (Å²) in [6, 6.07) is 2.61. The molecule has 0 spiro atoms. The summed E-state index contributed by atoms with van der Waals surface area (Å²) in [6.45, 7) is 1.50. The molecule has 0 bridgehead atoms.